The molecule has 2 saturated heterocycles. The highest BCUT2D eigenvalue weighted by molar-refractivity contribution is 9.25. The summed E-state index contributed by atoms with van der Waals surface area (Å²) in [6.45, 7) is 4.55. The van der Waals surface area contributed by atoms with Gasteiger partial charge >= 0.3 is 0 Å². The van der Waals surface area contributed by atoms with Crippen LogP contribution in [0.4, 0.5) is 11.4 Å². The zero-order chi connectivity index (χ0) is 31.3. The van der Waals surface area contributed by atoms with Gasteiger partial charge in [0.1, 0.15) is 0 Å². The first-order chi connectivity index (χ1) is 20.1. The Hall–Kier alpha value is -2.25. The van der Waals surface area contributed by atoms with E-state index in [1.54, 1.807) is 12.1 Å². The monoisotopic (exact) mass is 760 g/mol. The van der Waals surface area contributed by atoms with Crippen LogP contribution in [0.15, 0.2) is 46.2 Å². The first-order valence-corrected chi connectivity index (χ1v) is 17.8. The molecule has 232 valence electrons. The fourth-order valence-electron chi connectivity index (χ4n) is 5.01. The summed E-state index contributed by atoms with van der Waals surface area (Å²) in [6.07, 6.45) is 0. The van der Waals surface area contributed by atoms with Crippen LogP contribution in [0.2, 0.25) is 0 Å². The number of nitrogens with zero attached hydrogens (tertiary/aromatic N) is 4. The van der Waals surface area contributed by atoms with Crippen molar-refractivity contribution in [2.45, 2.75) is 13.0 Å². The Labute approximate surface area is 266 Å². The van der Waals surface area contributed by atoms with Crippen molar-refractivity contribution in [1.82, 2.24) is 18.4 Å². The van der Waals surface area contributed by atoms with Crippen LogP contribution in [0.25, 0.3) is 0 Å². The van der Waals surface area contributed by atoms with E-state index < -0.39 is 35.0 Å². The number of anilines is 2. The summed E-state index contributed by atoms with van der Waals surface area (Å²) in [4.78, 5) is 39.3. The van der Waals surface area contributed by atoms with Crippen molar-refractivity contribution in [3.05, 3.63) is 47.5 Å². The van der Waals surface area contributed by atoms with Gasteiger partial charge in [0, 0.05) is 63.6 Å². The first-order valence-electron chi connectivity index (χ1n) is 13.3. The molecule has 0 atom stereocenters. The molecule has 2 aromatic carbocycles. The molecule has 6 rings (SSSR count). The number of alkyl halides is 2. The summed E-state index contributed by atoms with van der Waals surface area (Å²) in [5.41, 5.74) is 1.67. The van der Waals surface area contributed by atoms with E-state index in [9.17, 15) is 31.2 Å². The van der Waals surface area contributed by atoms with Gasteiger partial charge < -0.3 is 20.4 Å². The lowest BCUT2D eigenvalue weighted by Crippen LogP contribution is -2.47. The predicted octanol–water partition coefficient (Wildman–Crippen LogP) is 1.27. The molecule has 0 bridgehead atoms. The molecule has 4 aliphatic heterocycles. The molecule has 2 aromatic rings. The summed E-state index contributed by atoms with van der Waals surface area (Å²) in [7, 11) is -3.27. The average Bonchev–Trinajstić information content (AvgIpc) is 3.38. The van der Waals surface area contributed by atoms with Crippen molar-refractivity contribution >= 4 is 80.9 Å². The number of fused-ring (bicyclic) bond motifs is 2. The number of nitrogens with one attached hydrogen (secondary N) is 2. The normalized spacial score (nSPS) is 21.4. The quantitative estimate of drug-likeness (QED) is 0.346. The van der Waals surface area contributed by atoms with Crippen molar-refractivity contribution in [2.75, 3.05) is 77.1 Å². The predicted molar refractivity (Wildman–Crippen MR) is 167 cm³/mol. The van der Waals surface area contributed by atoms with Gasteiger partial charge in [-0.05, 0) is 50.5 Å². The second kappa shape index (κ2) is 11.9. The average molecular weight is 763 g/mol. The summed E-state index contributed by atoms with van der Waals surface area (Å²) < 4.78 is 52.5. The van der Waals surface area contributed by atoms with E-state index in [1.165, 1.54) is 32.9 Å². The van der Waals surface area contributed by atoms with Crippen LogP contribution in [0.5, 0.6) is 0 Å². The zero-order valence-corrected chi connectivity index (χ0v) is 28.1. The lowest BCUT2D eigenvalue weighted by molar-refractivity contribution is -0.115. The highest BCUT2D eigenvalue weighted by Gasteiger charge is 2.43. The number of hydrogen-bond donors (Lipinski definition) is 2. The number of sulfonamides is 2. The minimum atomic E-state index is -3.63. The zero-order valence-electron chi connectivity index (χ0n) is 23.3. The van der Waals surface area contributed by atoms with Gasteiger partial charge in [-0.25, -0.2) is 16.8 Å². The standard InChI is InChI=1S/C13H15Br2N3O3S.C13H15N3O4S/c1-17-4-6-18(7-5-17)22(20,21)9-2-3-11-10(8-9)13(14,15)12(19)16-11;1-15-4-6-16(7-5-15)21(19,20)9-2-3-11-10(8-9)12(17)13(18)14-11/h2-3,8H,4-7H2,1H3,(H,16,19);2-3,8H,4-7H2,1H3,(H,14,17,18). The second-order valence-electron chi connectivity index (χ2n) is 10.6. The highest BCUT2D eigenvalue weighted by atomic mass is 79.9. The molecule has 4 heterocycles. The number of piperazine rings is 2. The van der Waals surface area contributed by atoms with Crippen molar-refractivity contribution < 1.29 is 31.2 Å². The molecule has 2 fully saturated rings. The maximum absolute atomic E-state index is 12.8. The molecule has 4 aliphatic rings. The molecule has 2 N–H and O–H groups in total. The Morgan fingerprint density at radius 2 is 1.14 bits per heavy atom. The number of hydrogen-bond acceptors (Lipinski definition) is 9. The molecular weight excluding hydrogens is 732 g/mol. The van der Waals surface area contributed by atoms with E-state index in [0.717, 1.165) is 0 Å². The molecular formula is C26H30Br2N6O7S2. The van der Waals surface area contributed by atoms with E-state index in [0.29, 0.717) is 69.3 Å². The van der Waals surface area contributed by atoms with Gasteiger partial charge in [-0.1, -0.05) is 31.9 Å². The molecule has 2 amide bonds. The van der Waals surface area contributed by atoms with Gasteiger partial charge in [-0.3, -0.25) is 14.4 Å². The molecule has 0 saturated carbocycles. The number of halogens is 2. The Bertz CT molecular complexity index is 1700. The fourth-order valence-corrected chi connectivity index (χ4v) is 8.77. The summed E-state index contributed by atoms with van der Waals surface area (Å²) in [6, 6.07) is 8.87. The number of carbonyl (C=O) groups excluding carboxylic acids is 3. The van der Waals surface area contributed by atoms with Crippen LogP contribution in [0.3, 0.4) is 0 Å². The van der Waals surface area contributed by atoms with Gasteiger partial charge in [0.15, 0.2) is 3.23 Å². The van der Waals surface area contributed by atoms with E-state index in [-0.39, 0.29) is 21.3 Å². The summed E-state index contributed by atoms with van der Waals surface area (Å²) >= 11 is 6.60. The number of amides is 2. The van der Waals surface area contributed by atoms with Crippen molar-refractivity contribution in [3.63, 3.8) is 0 Å². The maximum Gasteiger partial charge on any atom is 0.296 e. The van der Waals surface area contributed by atoms with Crippen LogP contribution in [0, 0.1) is 0 Å². The molecule has 17 heteroatoms. The number of likely N-dealkylation sites (N-methyl/N-ethyl adjacent to an activating group) is 2. The smallest absolute Gasteiger partial charge is 0.296 e. The lowest BCUT2D eigenvalue weighted by atomic mass is 10.1. The SMILES string of the molecule is CN1CCN(S(=O)(=O)c2ccc3c(c2)C(=O)C(=O)N3)CC1.CN1CCN(S(=O)(=O)c2ccc3c(c2)C(Br)(Br)C(=O)N3)CC1. The molecule has 0 unspecified atom stereocenters. The van der Waals surface area contributed by atoms with Crippen LogP contribution in [-0.2, 0) is 32.9 Å². The van der Waals surface area contributed by atoms with Crippen molar-refractivity contribution in [1.29, 1.82) is 0 Å². The van der Waals surface area contributed by atoms with Crippen LogP contribution in [-0.4, -0.2) is 119 Å². The van der Waals surface area contributed by atoms with E-state index in [1.807, 2.05) is 14.1 Å². The topological polar surface area (TPSA) is 157 Å². The lowest BCUT2D eigenvalue weighted by Gasteiger charge is -2.31. The van der Waals surface area contributed by atoms with Crippen LogP contribution in [0.1, 0.15) is 15.9 Å². The van der Waals surface area contributed by atoms with Gasteiger partial charge in [-0.2, -0.15) is 8.61 Å². The molecule has 0 spiro atoms. The van der Waals surface area contributed by atoms with Gasteiger partial charge in [-0.15, -0.1) is 0 Å². The summed E-state index contributed by atoms with van der Waals surface area (Å²) in [5.74, 6) is -1.68. The largest absolute Gasteiger partial charge is 0.323 e. The Morgan fingerprint density at radius 3 is 1.65 bits per heavy atom. The molecule has 43 heavy (non-hydrogen) atoms. The molecule has 0 aliphatic carbocycles. The van der Waals surface area contributed by atoms with E-state index in [2.05, 4.69) is 52.3 Å². The second-order valence-corrected chi connectivity index (χ2v) is 18.0. The summed E-state index contributed by atoms with van der Waals surface area (Å²) in [5, 5.41) is 5.11. The van der Waals surface area contributed by atoms with Crippen molar-refractivity contribution in [3.8, 4) is 0 Å². The van der Waals surface area contributed by atoms with Gasteiger partial charge in [0.25, 0.3) is 17.6 Å². The fraction of sp³-hybridized carbons (Fsp3) is 0.423. The third-order valence-electron chi connectivity index (χ3n) is 7.75. The Kier molecular flexibility index (Phi) is 8.92. The third-order valence-corrected chi connectivity index (χ3v) is 13.1. The number of rotatable bonds is 4. The molecule has 13 nitrogen and oxygen atoms in total. The minimum absolute atomic E-state index is 0.0515. The third kappa shape index (κ3) is 6.18. The number of Topliss-reactive ketones (excluding diaryl/α,β-unsaturated/α-hetero) is 1. The van der Waals surface area contributed by atoms with E-state index in [4.69, 9.17) is 0 Å². The van der Waals surface area contributed by atoms with Crippen LogP contribution < -0.4 is 10.6 Å². The molecule has 0 radical (unpaired) electrons. The number of ketones is 1. The maximum atomic E-state index is 12.8. The number of carbonyl (C=O) groups is 3. The number of benzene rings is 2. The van der Waals surface area contributed by atoms with Gasteiger partial charge in [0.2, 0.25) is 20.0 Å². The Morgan fingerprint density at radius 1 is 0.674 bits per heavy atom. The van der Waals surface area contributed by atoms with E-state index >= 15 is 0 Å². The van der Waals surface area contributed by atoms with Crippen LogP contribution >= 0.6 is 31.9 Å². The first kappa shape index (κ1) is 32.2. The minimum Gasteiger partial charge on any atom is -0.323 e. The highest BCUT2D eigenvalue weighted by Crippen LogP contribution is 2.48. The van der Waals surface area contributed by atoms with Crippen molar-refractivity contribution in [2.24, 2.45) is 0 Å². The van der Waals surface area contributed by atoms with Gasteiger partial charge in [0.05, 0.1) is 21.0 Å². The Balaban J connectivity index is 0.000000171. The molecule has 0 aromatic heterocycles.